The van der Waals surface area contributed by atoms with Crippen LogP contribution in [0.1, 0.15) is 17.1 Å². The van der Waals surface area contributed by atoms with Crippen molar-refractivity contribution in [1.29, 1.82) is 0 Å². The molecule has 1 N–H and O–H groups in total. The average molecular weight is 246 g/mol. The molecule has 0 fully saturated rings. The lowest BCUT2D eigenvalue weighted by Gasteiger charge is -2.06. The number of aliphatic hydroxyl groups excluding tert-OH is 1. The van der Waals surface area contributed by atoms with Crippen molar-refractivity contribution in [2.24, 2.45) is 0 Å². The van der Waals surface area contributed by atoms with Crippen LogP contribution in [0.4, 0.5) is 4.39 Å². The molecule has 3 nitrogen and oxygen atoms in total. The zero-order valence-corrected chi connectivity index (χ0v) is 10.4. The highest BCUT2D eigenvalue weighted by Gasteiger charge is 2.06. The minimum absolute atomic E-state index is 0.0192. The van der Waals surface area contributed by atoms with Gasteiger partial charge in [-0.15, -0.1) is 0 Å². The number of aryl methyl sites for hydroxylation is 2. The van der Waals surface area contributed by atoms with Gasteiger partial charge >= 0.3 is 0 Å². The van der Waals surface area contributed by atoms with E-state index in [1.54, 1.807) is 19.1 Å². The Morgan fingerprint density at radius 3 is 2.61 bits per heavy atom. The number of hydrogen-bond donors (Lipinski definition) is 1. The van der Waals surface area contributed by atoms with Crippen LogP contribution in [0.3, 0.4) is 0 Å². The summed E-state index contributed by atoms with van der Waals surface area (Å²) in [5.74, 6) is 0.384. The first-order valence-corrected chi connectivity index (χ1v) is 5.82. The van der Waals surface area contributed by atoms with E-state index in [-0.39, 0.29) is 12.4 Å². The van der Waals surface area contributed by atoms with Crippen LogP contribution < -0.4 is 0 Å². The molecule has 0 saturated carbocycles. The molecule has 4 heteroatoms. The van der Waals surface area contributed by atoms with Gasteiger partial charge in [0.05, 0.1) is 12.3 Å². The molecular weight excluding hydrogens is 231 g/mol. The summed E-state index contributed by atoms with van der Waals surface area (Å²) < 4.78 is 13.2. The van der Waals surface area contributed by atoms with Gasteiger partial charge in [0.2, 0.25) is 0 Å². The minimum Gasteiger partial charge on any atom is -0.396 e. The van der Waals surface area contributed by atoms with Crippen molar-refractivity contribution in [2.75, 3.05) is 6.61 Å². The summed E-state index contributed by atoms with van der Waals surface area (Å²) in [5, 5.41) is 8.92. The highest BCUT2D eigenvalue weighted by atomic mass is 19.1. The maximum atomic E-state index is 13.2. The zero-order valence-electron chi connectivity index (χ0n) is 10.4. The van der Waals surface area contributed by atoms with Gasteiger partial charge in [-0.3, -0.25) is 0 Å². The molecule has 1 aromatic carbocycles. The highest BCUT2D eigenvalue weighted by molar-refractivity contribution is 5.60. The summed E-state index contributed by atoms with van der Waals surface area (Å²) >= 11 is 0. The molecule has 0 spiro atoms. The lowest BCUT2D eigenvalue weighted by molar-refractivity contribution is 0.296. The van der Waals surface area contributed by atoms with Gasteiger partial charge in [0.15, 0.2) is 0 Å². The molecule has 0 saturated heterocycles. The third kappa shape index (κ3) is 2.71. The summed E-state index contributed by atoms with van der Waals surface area (Å²) in [4.78, 5) is 8.61. The Morgan fingerprint density at radius 2 is 1.94 bits per heavy atom. The molecule has 1 aromatic heterocycles. The van der Waals surface area contributed by atoms with Crippen LogP contribution in [0.2, 0.25) is 0 Å². The average Bonchev–Trinajstić information content (AvgIpc) is 2.32. The summed E-state index contributed by atoms with van der Waals surface area (Å²) in [6.45, 7) is 3.62. The van der Waals surface area contributed by atoms with Crippen molar-refractivity contribution in [3.05, 3.63) is 47.2 Å². The van der Waals surface area contributed by atoms with E-state index in [1.807, 2.05) is 13.0 Å². The fourth-order valence-corrected chi connectivity index (χ4v) is 1.79. The first kappa shape index (κ1) is 12.6. The van der Waals surface area contributed by atoms with Crippen LogP contribution in [-0.2, 0) is 6.42 Å². The molecule has 0 radical (unpaired) electrons. The molecule has 0 aliphatic carbocycles. The van der Waals surface area contributed by atoms with Crippen molar-refractivity contribution >= 4 is 0 Å². The molecule has 0 unspecified atom stereocenters. The zero-order chi connectivity index (χ0) is 13.1. The van der Waals surface area contributed by atoms with E-state index in [0.717, 1.165) is 17.0 Å². The van der Waals surface area contributed by atoms with Gasteiger partial charge in [0, 0.05) is 17.7 Å². The molecule has 94 valence electrons. The number of rotatable bonds is 3. The fraction of sp³-hybridized carbons (Fsp3) is 0.286. The third-order valence-corrected chi connectivity index (χ3v) is 2.69. The first-order valence-electron chi connectivity index (χ1n) is 5.82. The minimum atomic E-state index is -0.222. The monoisotopic (exact) mass is 246 g/mol. The van der Waals surface area contributed by atoms with Crippen molar-refractivity contribution < 1.29 is 9.50 Å². The van der Waals surface area contributed by atoms with Crippen LogP contribution in [-0.4, -0.2) is 21.7 Å². The molecule has 0 bridgehead atoms. The van der Waals surface area contributed by atoms with Gasteiger partial charge in [-0.05, 0) is 43.7 Å². The molecular formula is C14H15FN2O. The van der Waals surface area contributed by atoms with Gasteiger partial charge in [-0.2, -0.15) is 0 Å². The van der Waals surface area contributed by atoms with E-state index >= 15 is 0 Å². The molecule has 2 rings (SSSR count). The number of benzene rings is 1. The van der Waals surface area contributed by atoms with Gasteiger partial charge in [-0.25, -0.2) is 14.4 Å². The van der Waals surface area contributed by atoms with E-state index in [9.17, 15) is 4.39 Å². The summed E-state index contributed by atoms with van der Waals surface area (Å²) in [5.41, 5.74) is 3.05. The lowest BCUT2D eigenvalue weighted by Crippen LogP contribution is -2.02. The summed E-state index contributed by atoms with van der Waals surface area (Å²) in [6, 6.07) is 6.76. The second kappa shape index (κ2) is 5.23. The smallest absolute Gasteiger partial charge is 0.131 e. The van der Waals surface area contributed by atoms with Crippen LogP contribution in [0, 0.1) is 19.7 Å². The molecule has 0 aliphatic heterocycles. The molecule has 18 heavy (non-hydrogen) atoms. The van der Waals surface area contributed by atoms with Crippen molar-refractivity contribution in [2.45, 2.75) is 20.3 Å². The maximum Gasteiger partial charge on any atom is 0.131 e. The van der Waals surface area contributed by atoms with E-state index in [4.69, 9.17) is 5.11 Å². The van der Waals surface area contributed by atoms with Crippen LogP contribution >= 0.6 is 0 Å². The summed E-state index contributed by atoms with van der Waals surface area (Å²) in [6.07, 6.45) is 0.425. The largest absolute Gasteiger partial charge is 0.396 e. The number of hydrogen-bond acceptors (Lipinski definition) is 3. The Balaban J connectivity index is 2.46. The maximum absolute atomic E-state index is 13.2. The summed E-state index contributed by atoms with van der Waals surface area (Å²) in [7, 11) is 0. The highest BCUT2D eigenvalue weighted by Crippen LogP contribution is 2.20. The lowest BCUT2D eigenvalue weighted by atomic mass is 10.1. The predicted molar refractivity (Wildman–Crippen MR) is 67.7 cm³/mol. The first-order chi connectivity index (χ1) is 8.60. The van der Waals surface area contributed by atoms with E-state index in [2.05, 4.69) is 9.97 Å². The molecule has 0 amide bonds. The predicted octanol–water partition coefficient (Wildman–Crippen LogP) is 2.43. The van der Waals surface area contributed by atoms with Crippen LogP contribution in [0.5, 0.6) is 0 Å². The Kier molecular flexibility index (Phi) is 3.67. The topological polar surface area (TPSA) is 46.0 Å². The normalized spacial score (nSPS) is 10.7. The van der Waals surface area contributed by atoms with Gasteiger partial charge < -0.3 is 5.11 Å². The van der Waals surface area contributed by atoms with Gasteiger partial charge in [-0.1, -0.05) is 0 Å². The number of aromatic nitrogens is 2. The Bertz CT molecular complexity index is 570. The SMILES string of the molecule is Cc1cc(-c2ccc(F)c(C)c2)nc(CCO)n1. The van der Waals surface area contributed by atoms with Gasteiger partial charge in [0.25, 0.3) is 0 Å². The van der Waals surface area contributed by atoms with Crippen molar-refractivity contribution in [3.8, 4) is 11.3 Å². The molecule has 0 atom stereocenters. The fourth-order valence-electron chi connectivity index (χ4n) is 1.79. The number of nitrogens with zero attached hydrogens (tertiary/aromatic N) is 2. The van der Waals surface area contributed by atoms with E-state index < -0.39 is 0 Å². The molecule has 2 aromatic rings. The van der Waals surface area contributed by atoms with Gasteiger partial charge in [0.1, 0.15) is 11.6 Å². The molecule has 1 heterocycles. The van der Waals surface area contributed by atoms with Crippen LogP contribution in [0.15, 0.2) is 24.3 Å². The quantitative estimate of drug-likeness (QED) is 0.904. The van der Waals surface area contributed by atoms with Crippen LogP contribution in [0.25, 0.3) is 11.3 Å². The van der Waals surface area contributed by atoms with Crippen molar-refractivity contribution in [3.63, 3.8) is 0 Å². The Labute approximate surface area is 105 Å². The number of halogens is 1. The standard InChI is InChI=1S/C14H15FN2O/c1-9-7-11(3-4-12(9)15)13-8-10(2)16-14(17-13)5-6-18/h3-4,7-8,18H,5-6H2,1-2H3. The second-order valence-corrected chi connectivity index (χ2v) is 4.25. The van der Waals surface area contributed by atoms with E-state index in [1.165, 1.54) is 6.07 Å². The third-order valence-electron chi connectivity index (χ3n) is 2.69. The van der Waals surface area contributed by atoms with Crippen molar-refractivity contribution in [1.82, 2.24) is 9.97 Å². The van der Waals surface area contributed by atoms with E-state index in [0.29, 0.717) is 17.8 Å². The Morgan fingerprint density at radius 1 is 1.17 bits per heavy atom. The molecule has 0 aliphatic rings. The number of aliphatic hydroxyl groups is 1. The Hall–Kier alpha value is -1.81. The second-order valence-electron chi connectivity index (χ2n) is 4.25.